The molecule has 0 fully saturated rings. The molecule has 2 heterocycles. The van der Waals surface area contributed by atoms with Crippen LogP contribution in [0.5, 0.6) is 0 Å². The number of nitrogens with zero attached hydrogens (tertiary/aromatic N) is 3. The van der Waals surface area contributed by atoms with Gasteiger partial charge in [0.2, 0.25) is 0 Å². The van der Waals surface area contributed by atoms with Crippen LogP contribution in [0.15, 0.2) is 51.3 Å². The lowest BCUT2D eigenvalue weighted by atomic mass is 10.2. The Balaban J connectivity index is 2.35. The molecule has 0 unspecified atom stereocenters. The van der Waals surface area contributed by atoms with Gasteiger partial charge in [-0.05, 0) is 25.1 Å². The van der Waals surface area contributed by atoms with Gasteiger partial charge in [-0.15, -0.1) is 0 Å². The molecule has 0 aliphatic heterocycles. The number of hydrogen-bond donors (Lipinski definition) is 2. The van der Waals surface area contributed by atoms with Crippen LogP contribution in [0, 0.1) is 6.92 Å². The molecule has 0 spiro atoms. The van der Waals surface area contributed by atoms with Crippen LogP contribution in [0.2, 0.25) is 0 Å². The topological polar surface area (TPSA) is 103 Å². The summed E-state index contributed by atoms with van der Waals surface area (Å²) in [4.78, 5) is 23.9. The van der Waals surface area contributed by atoms with Crippen molar-refractivity contribution in [2.45, 2.75) is 20.0 Å². The molecule has 2 rings (SSSR count). The van der Waals surface area contributed by atoms with Gasteiger partial charge in [0.05, 0.1) is 5.56 Å². The van der Waals surface area contributed by atoms with E-state index in [4.69, 9.17) is 10.9 Å². The summed E-state index contributed by atoms with van der Waals surface area (Å²) in [5, 5.41) is 11.5. The number of hydrogen-bond acceptors (Lipinski definition) is 4. The van der Waals surface area contributed by atoms with Gasteiger partial charge in [0.25, 0.3) is 11.1 Å². The van der Waals surface area contributed by atoms with Crippen LogP contribution in [0.25, 0.3) is 0 Å². The van der Waals surface area contributed by atoms with Crippen LogP contribution in [0.3, 0.4) is 0 Å². The van der Waals surface area contributed by atoms with Gasteiger partial charge in [0.15, 0.2) is 5.84 Å². The van der Waals surface area contributed by atoms with E-state index in [1.165, 1.54) is 21.3 Å². The fourth-order valence-electron chi connectivity index (χ4n) is 2.05. The van der Waals surface area contributed by atoms with Crippen molar-refractivity contribution >= 4 is 5.84 Å². The van der Waals surface area contributed by atoms with Gasteiger partial charge in [-0.1, -0.05) is 11.2 Å². The van der Waals surface area contributed by atoms with E-state index in [-0.39, 0.29) is 22.5 Å². The maximum absolute atomic E-state index is 12.3. The third-order valence-corrected chi connectivity index (χ3v) is 3.24. The second-order valence-electron chi connectivity index (χ2n) is 4.56. The Kier molecular flexibility index (Phi) is 4.22. The molecule has 110 valence electrons. The smallest absolute Gasteiger partial charge is 0.261 e. The highest BCUT2D eigenvalue weighted by molar-refractivity contribution is 5.96. The fraction of sp³-hybridized carbons (Fsp3) is 0.214. The number of aryl methyl sites for hydroxylation is 2. The van der Waals surface area contributed by atoms with Gasteiger partial charge in [0, 0.05) is 31.0 Å². The molecular weight excluding hydrogens is 272 g/mol. The van der Waals surface area contributed by atoms with E-state index in [1.54, 1.807) is 31.3 Å². The summed E-state index contributed by atoms with van der Waals surface area (Å²) in [6, 6.07) is 8.10. The van der Waals surface area contributed by atoms with E-state index in [0.29, 0.717) is 13.1 Å². The first-order valence-electron chi connectivity index (χ1n) is 6.38. The molecule has 3 N–H and O–H groups in total. The molecule has 0 aliphatic carbocycles. The predicted molar refractivity (Wildman–Crippen MR) is 78.7 cm³/mol. The molecule has 0 aliphatic rings. The largest absolute Gasteiger partial charge is 0.409 e. The van der Waals surface area contributed by atoms with Crippen LogP contribution in [-0.4, -0.2) is 20.2 Å². The van der Waals surface area contributed by atoms with Crippen molar-refractivity contribution in [2.24, 2.45) is 10.9 Å². The van der Waals surface area contributed by atoms with Crippen LogP contribution >= 0.6 is 0 Å². The van der Waals surface area contributed by atoms with Crippen LogP contribution in [0.1, 0.15) is 11.3 Å². The van der Waals surface area contributed by atoms with Gasteiger partial charge in [0.1, 0.15) is 0 Å². The third kappa shape index (κ3) is 3.02. The zero-order valence-electron chi connectivity index (χ0n) is 11.6. The van der Waals surface area contributed by atoms with Crippen molar-refractivity contribution in [1.29, 1.82) is 0 Å². The number of nitrogens with two attached hydrogens (primary N) is 1. The zero-order valence-corrected chi connectivity index (χ0v) is 11.6. The second kappa shape index (κ2) is 6.08. The van der Waals surface area contributed by atoms with Crippen molar-refractivity contribution in [3.8, 4) is 0 Å². The molecule has 21 heavy (non-hydrogen) atoms. The van der Waals surface area contributed by atoms with Crippen LogP contribution < -0.4 is 16.9 Å². The van der Waals surface area contributed by atoms with Gasteiger partial charge in [-0.25, -0.2) is 0 Å². The average Bonchev–Trinajstić information content (AvgIpc) is 2.48. The summed E-state index contributed by atoms with van der Waals surface area (Å²) in [5.74, 6) is -0.231. The minimum atomic E-state index is -0.353. The van der Waals surface area contributed by atoms with Crippen molar-refractivity contribution in [3.63, 3.8) is 0 Å². The number of rotatable bonds is 4. The minimum absolute atomic E-state index is 0.128. The van der Waals surface area contributed by atoms with Crippen molar-refractivity contribution in [3.05, 3.63) is 68.5 Å². The Labute approximate surface area is 120 Å². The highest BCUT2D eigenvalue weighted by atomic mass is 16.4. The molecule has 7 nitrogen and oxygen atoms in total. The Morgan fingerprint density at radius 2 is 2.00 bits per heavy atom. The third-order valence-electron chi connectivity index (χ3n) is 3.24. The first-order chi connectivity index (χ1) is 10.0. The Hall–Kier alpha value is -2.83. The lowest BCUT2D eigenvalue weighted by molar-refractivity contribution is 0.318. The lowest BCUT2D eigenvalue weighted by Crippen LogP contribution is -2.33. The highest BCUT2D eigenvalue weighted by Crippen LogP contribution is 1.99. The van der Waals surface area contributed by atoms with Gasteiger partial charge < -0.3 is 20.1 Å². The fourth-order valence-corrected chi connectivity index (χ4v) is 2.05. The Morgan fingerprint density at radius 3 is 2.67 bits per heavy atom. The molecule has 0 bridgehead atoms. The first-order valence-corrected chi connectivity index (χ1v) is 6.38. The maximum Gasteiger partial charge on any atom is 0.261 e. The van der Waals surface area contributed by atoms with E-state index in [1.807, 2.05) is 0 Å². The quantitative estimate of drug-likeness (QED) is 0.361. The summed E-state index contributed by atoms with van der Waals surface area (Å²) in [5.41, 5.74) is 5.86. The normalized spacial score (nSPS) is 11.6. The van der Waals surface area contributed by atoms with E-state index in [2.05, 4.69) is 5.16 Å². The molecule has 2 aromatic rings. The van der Waals surface area contributed by atoms with Crippen LogP contribution in [-0.2, 0) is 13.1 Å². The van der Waals surface area contributed by atoms with Gasteiger partial charge in [-0.3, -0.25) is 9.59 Å². The lowest BCUT2D eigenvalue weighted by Gasteiger charge is -2.12. The summed E-state index contributed by atoms with van der Waals surface area (Å²) >= 11 is 0. The van der Waals surface area contributed by atoms with E-state index >= 15 is 0 Å². The molecule has 2 aromatic heterocycles. The molecule has 0 saturated carbocycles. The van der Waals surface area contributed by atoms with Crippen molar-refractivity contribution < 1.29 is 5.21 Å². The second-order valence-corrected chi connectivity index (χ2v) is 4.56. The molecule has 7 heteroatoms. The van der Waals surface area contributed by atoms with E-state index < -0.39 is 0 Å². The standard InChI is InChI=1S/C14H16N4O3/c1-10-5-6-11(13(15)16-21)14(20)18(10)9-8-17-7-3-2-4-12(17)19/h2-7,21H,8-9H2,1H3,(H2,15,16). The summed E-state index contributed by atoms with van der Waals surface area (Å²) in [6.07, 6.45) is 1.66. The maximum atomic E-state index is 12.3. The molecule has 0 atom stereocenters. The van der Waals surface area contributed by atoms with Gasteiger partial charge >= 0.3 is 0 Å². The summed E-state index contributed by atoms with van der Waals surface area (Å²) < 4.78 is 3.01. The number of amidine groups is 1. The summed E-state index contributed by atoms with van der Waals surface area (Å²) in [6.45, 7) is 2.46. The number of oxime groups is 1. The Bertz CT molecular complexity index is 789. The SMILES string of the molecule is Cc1ccc(/C(N)=N/O)c(=O)n1CCn1ccccc1=O. The number of aromatic nitrogens is 2. The monoisotopic (exact) mass is 288 g/mol. The number of pyridine rings is 2. The van der Waals surface area contributed by atoms with Gasteiger partial charge in [-0.2, -0.15) is 0 Å². The molecule has 0 radical (unpaired) electrons. The highest BCUT2D eigenvalue weighted by Gasteiger charge is 2.10. The van der Waals surface area contributed by atoms with E-state index in [0.717, 1.165) is 5.69 Å². The Morgan fingerprint density at radius 1 is 1.24 bits per heavy atom. The molecular formula is C14H16N4O3. The molecule has 0 saturated heterocycles. The van der Waals surface area contributed by atoms with E-state index in [9.17, 15) is 9.59 Å². The average molecular weight is 288 g/mol. The van der Waals surface area contributed by atoms with Crippen molar-refractivity contribution in [2.75, 3.05) is 0 Å². The van der Waals surface area contributed by atoms with Crippen molar-refractivity contribution in [1.82, 2.24) is 9.13 Å². The van der Waals surface area contributed by atoms with Crippen LogP contribution in [0.4, 0.5) is 0 Å². The summed E-state index contributed by atoms with van der Waals surface area (Å²) in [7, 11) is 0. The first kappa shape index (κ1) is 14.6. The zero-order chi connectivity index (χ0) is 15.4. The molecule has 0 aromatic carbocycles. The minimum Gasteiger partial charge on any atom is -0.409 e. The molecule has 0 amide bonds. The predicted octanol–water partition coefficient (Wildman–Crippen LogP) is 0.113.